The standard InChI is InChI=1S/C32H41N5O6/c1-7-34-30(39)36-25-9-8-22(16-20(25)2)42-27-10-13-35-26-18-28(24(17-23(26)27)29(38)33-6)41-19-21-11-14-37(15-12-21)31(40)43-32(3,4)5/h8-10,13,16-18,21H,7,11-12,14-15,19H2,1-6H3,(H,33,38)(H2,34,36,39). The zero-order valence-electron chi connectivity index (χ0n) is 25.7. The van der Waals surface area contributed by atoms with Gasteiger partial charge >= 0.3 is 12.1 Å². The molecule has 0 unspecified atom stereocenters. The van der Waals surface area contributed by atoms with E-state index in [1.165, 1.54) is 0 Å². The number of carbonyl (C=O) groups is 3. The quantitative estimate of drug-likeness (QED) is 0.299. The van der Waals surface area contributed by atoms with Gasteiger partial charge in [0.15, 0.2) is 0 Å². The molecule has 3 aromatic rings. The number of rotatable bonds is 8. The summed E-state index contributed by atoms with van der Waals surface area (Å²) in [5.41, 5.74) is 1.97. The van der Waals surface area contributed by atoms with Gasteiger partial charge in [0.2, 0.25) is 0 Å². The van der Waals surface area contributed by atoms with Crippen molar-refractivity contribution in [1.82, 2.24) is 20.5 Å². The second kappa shape index (κ2) is 13.6. The van der Waals surface area contributed by atoms with Gasteiger partial charge in [0.25, 0.3) is 5.91 Å². The first-order valence-corrected chi connectivity index (χ1v) is 14.6. The number of fused-ring (bicyclic) bond motifs is 1. The van der Waals surface area contributed by atoms with E-state index >= 15 is 0 Å². The van der Waals surface area contributed by atoms with E-state index in [0.717, 1.165) is 18.4 Å². The first-order chi connectivity index (χ1) is 20.5. The second-order valence-electron chi connectivity index (χ2n) is 11.5. The minimum atomic E-state index is -0.531. The van der Waals surface area contributed by atoms with E-state index in [-0.39, 0.29) is 23.9 Å². The Labute approximate surface area is 252 Å². The molecule has 1 fully saturated rings. The highest BCUT2D eigenvalue weighted by molar-refractivity contribution is 6.02. The smallest absolute Gasteiger partial charge is 0.410 e. The van der Waals surface area contributed by atoms with Crippen LogP contribution in [-0.2, 0) is 4.74 Å². The fraction of sp³-hybridized carbons (Fsp3) is 0.438. The number of aromatic nitrogens is 1. The third-order valence-corrected chi connectivity index (χ3v) is 7.03. The number of benzene rings is 2. The lowest BCUT2D eigenvalue weighted by Crippen LogP contribution is -2.42. The van der Waals surface area contributed by atoms with Gasteiger partial charge in [0.05, 0.1) is 17.7 Å². The number of ether oxygens (including phenoxy) is 3. The molecule has 1 aliphatic heterocycles. The van der Waals surface area contributed by atoms with Crippen molar-refractivity contribution < 1.29 is 28.6 Å². The summed E-state index contributed by atoms with van der Waals surface area (Å²) in [4.78, 5) is 43.5. The van der Waals surface area contributed by atoms with Crippen LogP contribution in [0.4, 0.5) is 15.3 Å². The number of piperidine rings is 1. The molecule has 4 amide bonds. The second-order valence-corrected chi connectivity index (χ2v) is 11.5. The van der Waals surface area contributed by atoms with Crippen molar-refractivity contribution in [2.45, 2.75) is 53.1 Å². The Hall–Kier alpha value is -4.54. The number of aryl methyl sites for hydroxylation is 1. The van der Waals surface area contributed by atoms with Crippen molar-refractivity contribution >= 4 is 34.6 Å². The summed E-state index contributed by atoms with van der Waals surface area (Å²) in [6, 6.07) is 10.3. The number of likely N-dealkylation sites (tertiary alicyclic amines) is 1. The molecule has 2 aromatic carbocycles. The Morgan fingerprint density at radius 3 is 2.44 bits per heavy atom. The van der Waals surface area contributed by atoms with Crippen molar-refractivity contribution in [2.24, 2.45) is 5.92 Å². The first kappa shape index (κ1) is 31.4. The number of pyridine rings is 1. The summed E-state index contributed by atoms with van der Waals surface area (Å²) in [6.45, 7) is 11.4. The van der Waals surface area contributed by atoms with E-state index in [2.05, 4.69) is 20.9 Å². The zero-order valence-corrected chi connectivity index (χ0v) is 25.7. The van der Waals surface area contributed by atoms with Gasteiger partial charge in [-0.25, -0.2) is 9.59 Å². The van der Waals surface area contributed by atoms with Crippen LogP contribution < -0.4 is 25.4 Å². The lowest BCUT2D eigenvalue weighted by Gasteiger charge is -2.33. The molecule has 11 heteroatoms. The van der Waals surface area contributed by atoms with Crippen molar-refractivity contribution in [3.8, 4) is 17.2 Å². The average Bonchev–Trinajstić information content (AvgIpc) is 2.96. The minimum absolute atomic E-state index is 0.225. The average molecular weight is 592 g/mol. The van der Waals surface area contributed by atoms with Crippen LogP contribution >= 0.6 is 0 Å². The van der Waals surface area contributed by atoms with Crippen molar-refractivity contribution in [3.05, 3.63) is 53.7 Å². The molecule has 230 valence electrons. The predicted octanol–water partition coefficient (Wildman–Crippen LogP) is 5.86. The Morgan fingerprint density at radius 1 is 1.05 bits per heavy atom. The molecule has 4 rings (SSSR count). The molecular weight excluding hydrogens is 550 g/mol. The normalized spacial score (nSPS) is 13.8. The zero-order chi connectivity index (χ0) is 31.1. The van der Waals surface area contributed by atoms with Gasteiger partial charge in [-0.1, -0.05) is 0 Å². The van der Waals surface area contributed by atoms with E-state index in [1.54, 1.807) is 48.5 Å². The van der Waals surface area contributed by atoms with Gasteiger partial charge in [0, 0.05) is 50.0 Å². The van der Waals surface area contributed by atoms with Crippen LogP contribution in [0.1, 0.15) is 56.5 Å². The number of nitrogens with zero attached hydrogens (tertiary/aromatic N) is 2. The van der Waals surface area contributed by atoms with Crippen molar-refractivity contribution in [3.63, 3.8) is 0 Å². The molecule has 43 heavy (non-hydrogen) atoms. The summed E-state index contributed by atoms with van der Waals surface area (Å²) in [5, 5.41) is 8.87. The van der Waals surface area contributed by atoms with Gasteiger partial charge in [-0.15, -0.1) is 0 Å². The minimum Gasteiger partial charge on any atom is -0.492 e. The lowest BCUT2D eigenvalue weighted by atomic mass is 9.98. The van der Waals surface area contributed by atoms with Crippen LogP contribution in [-0.4, -0.2) is 66.8 Å². The Balaban J connectivity index is 1.49. The predicted molar refractivity (Wildman–Crippen MR) is 165 cm³/mol. The van der Waals surface area contributed by atoms with E-state index in [4.69, 9.17) is 14.2 Å². The largest absolute Gasteiger partial charge is 0.492 e. The molecule has 0 aliphatic carbocycles. The van der Waals surface area contributed by atoms with Gasteiger partial charge in [0.1, 0.15) is 22.8 Å². The molecule has 0 saturated carbocycles. The molecule has 0 bridgehead atoms. The van der Waals surface area contributed by atoms with E-state index in [1.807, 2.05) is 40.7 Å². The topological polar surface area (TPSA) is 131 Å². The van der Waals surface area contributed by atoms with Gasteiger partial charge in [-0.2, -0.15) is 0 Å². The van der Waals surface area contributed by atoms with Crippen LogP contribution in [0.3, 0.4) is 0 Å². The number of hydrogen-bond donors (Lipinski definition) is 3. The molecule has 0 atom stereocenters. The molecule has 1 aliphatic rings. The van der Waals surface area contributed by atoms with Crippen LogP contribution in [0.2, 0.25) is 0 Å². The fourth-order valence-corrected chi connectivity index (χ4v) is 4.78. The lowest BCUT2D eigenvalue weighted by molar-refractivity contribution is 0.0164. The summed E-state index contributed by atoms with van der Waals surface area (Å²) in [7, 11) is 1.57. The van der Waals surface area contributed by atoms with Crippen LogP contribution in [0.15, 0.2) is 42.6 Å². The highest BCUT2D eigenvalue weighted by Crippen LogP contribution is 2.35. The Morgan fingerprint density at radius 2 is 1.79 bits per heavy atom. The maximum absolute atomic E-state index is 12.9. The molecule has 2 heterocycles. The Bertz CT molecular complexity index is 1480. The maximum atomic E-state index is 12.9. The molecule has 0 radical (unpaired) electrons. The SMILES string of the molecule is CCNC(=O)Nc1ccc(Oc2ccnc3cc(OCC4CCN(C(=O)OC(C)(C)C)CC4)c(C(=O)NC)cc23)cc1C. The fourth-order valence-electron chi connectivity index (χ4n) is 4.78. The first-order valence-electron chi connectivity index (χ1n) is 14.6. The van der Waals surface area contributed by atoms with E-state index in [9.17, 15) is 14.4 Å². The number of carbonyl (C=O) groups excluding carboxylic acids is 3. The van der Waals surface area contributed by atoms with Crippen LogP contribution in [0, 0.1) is 12.8 Å². The van der Waals surface area contributed by atoms with E-state index < -0.39 is 5.60 Å². The third kappa shape index (κ3) is 8.27. The van der Waals surface area contributed by atoms with Gasteiger partial charge in [-0.3, -0.25) is 9.78 Å². The summed E-state index contributed by atoms with van der Waals surface area (Å²) < 4.78 is 17.9. The Kier molecular flexibility index (Phi) is 9.95. The number of anilines is 1. The molecule has 0 spiro atoms. The molecule has 3 N–H and O–H groups in total. The molecular formula is C32H41N5O6. The van der Waals surface area contributed by atoms with Crippen molar-refractivity contribution in [1.29, 1.82) is 0 Å². The van der Waals surface area contributed by atoms with Crippen LogP contribution in [0.5, 0.6) is 17.2 Å². The monoisotopic (exact) mass is 591 g/mol. The van der Waals surface area contributed by atoms with Gasteiger partial charge < -0.3 is 35.1 Å². The highest BCUT2D eigenvalue weighted by Gasteiger charge is 2.27. The van der Waals surface area contributed by atoms with Crippen LogP contribution in [0.25, 0.3) is 10.9 Å². The van der Waals surface area contributed by atoms with Gasteiger partial charge in [-0.05, 0) is 89.3 Å². The summed E-state index contributed by atoms with van der Waals surface area (Å²) in [5.74, 6) is 1.47. The molecule has 1 saturated heterocycles. The number of amides is 4. The third-order valence-electron chi connectivity index (χ3n) is 7.03. The van der Waals surface area contributed by atoms with Crippen molar-refractivity contribution in [2.75, 3.05) is 38.6 Å². The number of hydrogen-bond acceptors (Lipinski definition) is 7. The molecule has 1 aromatic heterocycles. The van der Waals surface area contributed by atoms with E-state index in [0.29, 0.717) is 65.6 Å². The number of nitrogens with one attached hydrogen (secondary N) is 3. The number of urea groups is 1. The maximum Gasteiger partial charge on any atom is 0.410 e. The summed E-state index contributed by atoms with van der Waals surface area (Å²) >= 11 is 0. The highest BCUT2D eigenvalue weighted by atomic mass is 16.6. The summed E-state index contributed by atoms with van der Waals surface area (Å²) in [6.07, 6.45) is 2.89. The molecule has 11 nitrogen and oxygen atoms in total.